The van der Waals surface area contributed by atoms with Gasteiger partial charge in [-0.15, -0.1) is 0 Å². The SMILES string of the molecule is CCC(C)CC(N=C(N)NC(=O)Cc1ccc(OC)c(OC)c1)C(=O)NC1CCCCC1. The molecule has 1 aromatic carbocycles. The Morgan fingerprint density at radius 1 is 1.16 bits per heavy atom. The van der Waals surface area contributed by atoms with Crippen molar-refractivity contribution in [2.75, 3.05) is 14.2 Å². The van der Waals surface area contributed by atoms with Gasteiger partial charge in [0.25, 0.3) is 0 Å². The van der Waals surface area contributed by atoms with E-state index in [1.807, 2.05) is 0 Å². The predicted octanol–water partition coefficient (Wildman–Crippen LogP) is 2.93. The van der Waals surface area contributed by atoms with Crippen LogP contribution in [0.4, 0.5) is 0 Å². The third kappa shape index (κ3) is 8.05. The second-order valence-electron chi connectivity index (χ2n) is 8.54. The van der Waals surface area contributed by atoms with Crippen molar-refractivity contribution in [1.29, 1.82) is 0 Å². The van der Waals surface area contributed by atoms with E-state index in [-0.39, 0.29) is 30.2 Å². The highest BCUT2D eigenvalue weighted by Gasteiger charge is 2.24. The van der Waals surface area contributed by atoms with E-state index < -0.39 is 6.04 Å². The molecule has 0 aromatic heterocycles. The molecule has 0 bridgehead atoms. The Hall–Kier alpha value is -2.77. The maximum atomic E-state index is 12.9. The fourth-order valence-electron chi connectivity index (χ4n) is 3.87. The van der Waals surface area contributed by atoms with Crippen molar-refractivity contribution < 1.29 is 19.1 Å². The van der Waals surface area contributed by atoms with Crippen LogP contribution in [-0.4, -0.2) is 44.1 Å². The molecule has 178 valence electrons. The number of amides is 2. The molecule has 2 unspecified atom stereocenters. The Morgan fingerprint density at radius 2 is 1.84 bits per heavy atom. The lowest BCUT2D eigenvalue weighted by molar-refractivity contribution is -0.123. The van der Waals surface area contributed by atoms with Gasteiger partial charge in [0.1, 0.15) is 6.04 Å². The van der Waals surface area contributed by atoms with Crippen LogP contribution in [0.2, 0.25) is 0 Å². The maximum Gasteiger partial charge on any atom is 0.245 e. The zero-order chi connectivity index (χ0) is 23.5. The van der Waals surface area contributed by atoms with Gasteiger partial charge in [-0.2, -0.15) is 0 Å². The maximum absolute atomic E-state index is 12.9. The van der Waals surface area contributed by atoms with Crippen molar-refractivity contribution in [2.24, 2.45) is 16.6 Å². The molecule has 2 rings (SSSR count). The van der Waals surface area contributed by atoms with Crippen LogP contribution in [0, 0.1) is 5.92 Å². The highest BCUT2D eigenvalue weighted by Crippen LogP contribution is 2.27. The number of nitrogens with one attached hydrogen (secondary N) is 2. The van der Waals surface area contributed by atoms with E-state index in [2.05, 4.69) is 29.5 Å². The Labute approximate surface area is 191 Å². The molecule has 0 radical (unpaired) electrons. The van der Waals surface area contributed by atoms with E-state index in [0.29, 0.717) is 23.8 Å². The fraction of sp³-hybridized carbons (Fsp3) is 0.625. The van der Waals surface area contributed by atoms with E-state index in [1.165, 1.54) is 6.42 Å². The molecule has 1 aromatic rings. The van der Waals surface area contributed by atoms with Crippen molar-refractivity contribution >= 4 is 17.8 Å². The van der Waals surface area contributed by atoms with Gasteiger partial charge in [0, 0.05) is 6.04 Å². The van der Waals surface area contributed by atoms with Gasteiger partial charge in [0.2, 0.25) is 11.8 Å². The van der Waals surface area contributed by atoms with Crippen molar-refractivity contribution in [1.82, 2.24) is 10.6 Å². The second-order valence-corrected chi connectivity index (χ2v) is 8.54. The first-order valence-electron chi connectivity index (χ1n) is 11.5. The number of nitrogens with zero attached hydrogens (tertiary/aromatic N) is 1. The summed E-state index contributed by atoms with van der Waals surface area (Å²) < 4.78 is 10.5. The Kier molecular flexibility index (Phi) is 10.3. The summed E-state index contributed by atoms with van der Waals surface area (Å²) in [5.74, 6) is 0.989. The highest BCUT2D eigenvalue weighted by atomic mass is 16.5. The molecular formula is C24H38N4O4. The minimum Gasteiger partial charge on any atom is -0.493 e. The number of nitrogens with two attached hydrogens (primary N) is 1. The molecule has 0 aliphatic heterocycles. The first-order valence-corrected chi connectivity index (χ1v) is 11.5. The van der Waals surface area contributed by atoms with Crippen molar-refractivity contribution in [3.8, 4) is 11.5 Å². The standard InChI is InChI=1S/C24H38N4O4/c1-5-16(2)13-19(23(30)26-18-9-7-6-8-10-18)27-24(25)28-22(29)15-17-11-12-20(31-3)21(14-17)32-4/h11-12,14,16,18-19H,5-10,13,15H2,1-4H3,(H,26,30)(H3,25,27,28,29). The van der Waals surface area contributed by atoms with Gasteiger partial charge in [-0.1, -0.05) is 45.6 Å². The number of aliphatic imine (C=N–C) groups is 1. The predicted molar refractivity (Wildman–Crippen MR) is 126 cm³/mol. The summed E-state index contributed by atoms with van der Waals surface area (Å²) in [7, 11) is 3.10. The Bertz CT molecular complexity index is 790. The largest absolute Gasteiger partial charge is 0.493 e. The first-order chi connectivity index (χ1) is 15.4. The summed E-state index contributed by atoms with van der Waals surface area (Å²) >= 11 is 0. The molecule has 1 fully saturated rings. The topological polar surface area (TPSA) is 115 Å². The van der Waals surface area contributed by atoms with E-state index in [9.17, 15) is 9.59 Å². The molecule has 2 amide bonds. The quantitative estimate of drug-likeness (QED) is 0.378. The van der Waals surface area contributed by atoms with Crippen LogP contribution in [0.5, 0.6) is 11.5 Å². The monoisotopic (exact) mass is 446 g/mol. The molecule has 0 heterocycles. The van der Waals surface area contributed by atoms with Crippen LogP contribution in [0.3, 0.4) is 0 Å². The molecule has 0 saturated heterocycles. The van der Waals surface area contributed by atoms with E-state index in [0.717, 1.165) is 37.7 Å². The lowest BCUT2D eigenvalue weighted by Crippen LogP contribution is -2.45. The van der Waals surface area contributed by atoms with Crippen LogP contribution in [0.25, 0.3) is 0 Å². The van der Waals surface area contributed by atoms with Crippen molar-refractivity contribution in [3.05, 3.63) is 23.8 Å². The second kappa shape index (κ2) is 12.9. The molecule has 8 nitrogen and oxygen atoms in total. The number of ether oxygens (including phenoxy) is 2. The number of benzene rings is 1. The minimum atomic E-state index is -0.617. The average molecular weight is 447 g/mol. The third-order valence-electron chi connectivity index (χ3n) is 5.95. The van der Waals surface area contributed by atoms with Gasteiger partial charge in [-0.25, -0.2) is 4.99 Å². The lowest BCUT2D eigenvalue weighted by atomic mass is 9.94. The highest BCUT2D eigenvalue weighted by molar-refractivity contribution is 5.98. The van der Waals surface area contributed by atoms with Gasteiger partial charge in [0.05, 0.1) is 20.6 Å². The summed E-state index contributed by atoms with van der Waals surface area (Å²) in [6.45, 7) is 4.17. The molecule has 32 heavy (non-hydrogen) atoms. The molecular weight excluding hydrogens is 408 g/mol. The zero-order valence-electron chi connectivity index (χ0n) is 19.8. The molecule has 4 N–H and O–H groups in total. The lowest BCUT2D eigenvalue weighted by Gasteiger charge is -2.25. The first kappa shape index (κ1) is 25.5. The van der Waals surface area contributed by atoms with E-state index in [1.54, 1.807) is 32.4 Å². The molecule has 1 aliphatic rings. The zero-order valence-corrected chi connectivity index (χ0v) is 19.8. The number of methoxy groups -OCH3 is 2. The average Bonchev–Trinajstić information content (AvgIpc) is 2.78. The van der Waals surface area contributed by atoms with Crippen molar-refractivity contribution in [2.45, 2.75) is 77.3 Å². The summed E-state index contributed by atoms with van der Waals surface area (Å²) in [5.41, 5.74) is 6.76. The molecule has 1 aliphatic carbocycles. The summed E-state index contributed by atoms with van der Waals surface area (Å²) in [4.78, 5) is 29.8. The normalized spacial score (nSPS) is 16.7. The van der Waals surface area contributed by atoms with Crippen LogP contribution in [0.1, 0.15) is 64.4 Å². The van der Waals surface area contributed by atoms with Gasteiger partial charge in [-0.3, -0.25) is 14.9 Å². The summed E-state index contributed by atoms with van der Waals surface area (Å²) in [5, 5.41) is 5.74. The molecule has 1 saturated carbocycles. The fourth-order valence-corrected chi connectivity index (χ4v) is 3.87. The van der Waals surface area contributed by atoms with Crippen molar-refractivity contribution in [3.63, 3.8) is 0 Å². The van der Waals surface area contributed by atoms with Crippen LogP contribution < -0.4 is 25.8 Å². The van der Waals surface area contributed by atoms with Gasteiger partial charge in [0.15, 0.2) is 17.5 Å². The molecule has 8 heteroatoms. The number of carbonyl (C=O) groups is 2. The molecule has 0 spiro atoms. The Balaban J connectivity index is 2.02. The van der Waals surface area contributed by atoms with E-state index in [4.69, 9.17) is 15.2 Å². The number of carbonyl (C=O) groups excluding carboxylic acids is 2. The van der Waals surface area contributed by atoms with Gasteiger partial charge >= 0.3 is 0 Å². The van der Waals surface area contributed by atoms with Crippen LogP contribution >= 0.6 is 0 Å². The Morgan fingerprint density at radius 3 is 2.47 bits per heavy atom. The summed E-state index contributed by atoms with van der Waals surface area (Å²) in [6.07, 6.45) is 7.12. The third-order valence-corrected chi connectivity index (χ3v) is 5.95. The van der Waals surface area contributed by atoms with Gasteiger partial charge in [-0.05, 0) is 42.9 Å². The molecule has 2 atom stereocenters. The number of guanidine groups is 1. The minimum absolute atomic E-state index is 0.0393. The number of hydrogen-bond donors (Lipinski definition) is 3. The van der Waals surface area contributed by atoms with E-state index >= 15 is 0 Å². The number of rotatable bonds is 10. The number of hydrogen-bond acceptors (Lipinski definition) is 5. The van der Waals surface area contributed by atoms with Gasteiger partial charge < -0.3 is 20.5 Å². The van der Waals surface area contributed by atoms with Crippen LogP contribution in [0.15, 0.2) is 23.2 Å². The summed E-state index contributed by atoms with van der Waals surface area (Å²) in [6, 6.07) is 4.86. The smallest absolute Gasteiger partial charge is 0.245 e. The van der Waals surface area contributed by atoms with Crippen LogP contribution in [-0.2, 0) is 16.0 Å².